The van der Waals surface area contributed by atoms with Gasteiger partial charge in [-0.05, 0) is 53.4 Å². The smallest absolute Gasteiger partial charge is 0.162 e. The number of benzene rings is 1. The first kappa shape index (κ1) is 14.2. The summed E-state index contributed by atoms with van der Waals surface area (Å²) in [5.74, 6) is -1.52. The molecule has 0 aliphatic rings. The fourth-order valence-electron chi connectivity index (χ4n) is 2.03. The van der Waals surface area contributed by atoms with Crippen molar-refractivity contribution in [3.63, 3.8) is 0 Å². The Bertz CT molecular complexity index is 511. The minimum absolute atomic E-state index is 0.0301. The van der Waals surface area contributed by atoms with Gasteiger partial charge in [-0.25, -0.2) is 8.78 Å². The number of rotatable bonds is 6. The Morgan fingerprint density at radius 1 is 1.26 bits per heavy atom. The molecule has 0 aliphatic heterocycles. The highest BCUT2D eigenvalue weighted by Gasteiger charge is 2.16. The Morgan fingerprint density at radius 3 is 2.79 bits per heavy atom. The Morgan fingerprint density at radius 2 is 2.11 bits per heavy atom. The average Bonchev–Trinajstić information content (AvgIpc) is 2.93. The predicted molar refractivity (Wildman–Crippen MR) is 75.4 cm³/mol. The largest absolute Gasteiger partial charge is 0.310 e. The molecule has 1 aromatic heterocycles. The predicted octanol–water partition coefficient (Wildman–Crippen LogP) is 4.31. The lowest BCUT2D eigenvalue weighted by molar-refractivity contribution is 0.477. The first-order valence-electron chi connectivity index (χ1n) is 6.40. The molecule has 0 saturated carbocycles. The molecule has 1 atom stereocenters. The van der Waals surface area contributed by atoms with Crippen molar-refractivity contribution in [3.8, 4) is 0 Å². The van der Waals surface area contributed by atoms with Crippen molar-refractivity contribution < 1.29 is 8.78 Å². The van der Waals surface area contributed by atoms with E-state index in [2.05, 4.69) is 12.2 Å². The molecule has 0 aliphatic carbocycles. The Balaban J connectivity index is 2.18. The van der Waals surface area contributed by atoms with Crippen molar-refractivity contribution in [2.24, 2.45) is 0 Å². The summed E-state index contributed by atoms with van der Waals surface area (Å²) in [5.41, 5.74) is 1.54. The topological polar surface area (TPSA) is 12.0 Å². The molecule has 0 bridgehead atoms. The van der Waals surface area contributed by atoms with E-state index in [0.717, 1.165) is 24.6 Å². The molecule has 19 heavy (non-hydrogen) atoms. The molecule has 4 heteroatoms. The van der Waals surface area contributed by atoms with Gasteiger partial charge in [0, 0.05) is 6.04 Å². The van der Waals surface area contributed by atoms with E-state index in [-0.39, 0.29) is 6.04 Å². The van der Waals surface area contributed by atoms with E-state index in [0.29, 0.717) is 12.0 Å². The van der Waals surface area contributed by atoms with Gasteiger partial charge in [-0.3, -0.25) is 0 Å². The average molecular weight is 281 g/mol. The summed E-state index contributed by atoms with van der Waals surface area (Å²) in [6.07, 6.45) is 1.46. The molecule has 1 aromatic carbocycles. The molecular weight excluding hydrogens is 264 g/mol. The number of hydrogen-bond acceptors (Lipinski definition) is 2. The molecule has 1 heterocycles. The molecule has 1 unspecified atom stereocenters. The first-order chi connectivity index (χ1) is 9.22. The van der Waals surface area contributed by atoms with Gasteiger partial charge in [-0.2, -0.15) is 11.3 Å². The van der Waals surface area contributed by atoms with Gasteiger partial charge in [0.25, 0.3) is 0 Å². The SMILES string of the molecule is CCCNC(Cc1cccc(F)c1F)c1ccsc1. The van der Waals surface area contributed by atoms with E-state index >= 15 is 0 Å². The second-order valence-corrected chi connectivity index (χ2v) is 5.26. The van der Waals surface area contributed by atoms with E-state index in [1.165, 1.54) is 0 Å². The van der Waals surface area contributed by atoms with Crippen LogP contribution in [0.4, 0.5) is 8.78 Å². The number of hydrogen-bond donors (Lipinski definition) is 1. The molecule has 1 nitrogen and oxygen atoms in total. The zero-order valence-corrected chi connectivity index (χ0v) is 11.6. The van der Waals surface area contributed by atoms with E-state index in [1.807, 2.05) is 16.8 Å². The molecule has 1 N–H and O–H groups in total. The number of thiophene rings is 1. The highest BCUT2D eigenvalue weighted by Crippen LogP contribution is 2.23. The van der Waals surface area contributed by atoms with Crippen molar-refractivity contribution >= 4 is 11.3 Å². The molecular formula is C15H17F2NS. The van der Waals surface area contributed by atoms with Gasteiger partial charge in [0.05, 0.1) is 0 Å². The maximum absolute atomic E-state index is 13.7. The van der Waals surface area contributed by atoms with Crippen LogP contribution in [0.3, 0.4) is 0 Å². The van der Waals surface area contributed by atoms with Crippen LogP contribution < -0.4 is 5.32 Å². The minimum atomic E-state index is -0.780. The standard InChI is InChI=1S/C15H17F2NS/c1-2-7-18-14(12-6-8-19-10-12)9-11-4-3-5-13(16)15(11)17/h3-6,8,10,14,18H,2,7,9H2,1H3. The van der Waals surface area contributed by atoms with E-state index in [1.54, 1.807) is 23.5 Å². The quantitative estimate of drug-likeness (QED) is 0.832. The van der Waals surface area contributed by atoms with Gasteiger partial charge >= 0.3 is 0 Å². The fraction of sp³-hybridized carbons (Fsp3) is 0.333. The van der Waals surface area contributed by atoms with Crippen molar-refractivity contribution in [1.82, 2.24) is 5.32 Å². The van der Waals surface area contributed by atoms with E-state index in [4.69, 9.17) is 0 Å². The lowest BCUT2D eigenvalue weighted by Gasteiger charge is -2.18. The van der Waals surface area contributed by atoms with Crippen LogP contribution >= 0.6 is 11.3 Å². The Kier molecular flexibility index (Phi) is 5.05. The highest BCUT2D eigenvalue weighted by molar-refractivity contribution is 7.07. The van der Waals surface area contributed by atoms with Crippen molar-refractivity contribution in [2.45, 2.75) is 25.8 Å². The van der Waals surface area contributed by atoms with Crippen LogP contribution in [0.25, 0.3) is 0 Å². The van der Waals surface area contributed by atoms with Crippen molar-refractivity contribution in [2.75, 3.05) is 6.54 Å². The lowest BCUT2D eigenvalue weighted by atomic mass is 10.0. The molecule has 0 amide bonds. The summed E-state index contributed by atoms with van der Waals surface area (Å²) in [5, 5.41) is 7.43. The van der Waals surface area contributed by atoms with E-state index in [9.17, 15) is 8.78 Å². The van der Waals surface area contributed by atoms with Gasteiger partial charge in [0.1, 0.15) is 0 Å². The lowest BCUT2D eigenvalue weighted by Crippen LogP contribution is -2.24. The Labute approximate surface area is 116 Å². The number of nitrogens with one attached hydrogen (secondary N) is 1. The van der Waals surface area contributed by atoms with Crippen LogP contribution in [0.15, 0.2) is 35.0 Å². The zero-order chi connectivity index (χ0) is 13.7. The molecule has 2 aromatic rings. The summed E-state index contributed by atoms with van der Waals surface area (Å²) in [7, 11) is 0. The van der Waals surface area contributed by atoms with Crippen LogP contribution in [-0.2, 0) is 6.42 Å². The van der Waals surface area contributed by atoms with Gasteiger partial charge in [0.15, 0.2) is 11.6 Å². The molecule has 0 fully saturated rings. The van der Waals surface area contributed by atoms with Gasteiger partial charge in [0.2, 0.25) is 0 Å². The molecule has 0 saturated heterocycles. The summed E-state index contributed by atoms with van der Waals surface area (Å²) in [4.78, 5) is 0. The van der Waals surface area contributed by atoms with Crippen LogP contribution in [-0.4, -0.2) is 6.54 Å². The normalized spacial score (nSPS) is 12.6. The summed E-state index contributed by atoms with van der Waals surface area (Å²) >= 11 is 1.61. The van der Waals surface area contributed by atoms with Gasteiger partial charge < -0.3 is 5.32 Å². The summed E-state index contributed by atoms with van der Waals surface area (Å²) in [6, 6.07) is 6.40. The van der Waals surface area contributed by atoms with Gasteiger partial charge in [-0.1, -0.05) is 19.1 Å². The number of halogens is 2. The zero-order valence-electron chi connectivity index (χ0n) is 10.8. The third-order valence-corrected chi connectivity index (χ3v) is 3.74. The van der Waals surface area contributed by atoms with Crippen molar-refractivity contribution in [1.29, 1.82) is 0 Å². The fourth-order valence-corrected chi connectivity index (χ4v) is 2.74. The minimum Gasteiger partial charge on any atom is -0.310 e. The van der Waals surface area contributed by atoms with Crippen LogP contribution in [0, 0.1) is 11.6 Å². The maximum Gasteiger partial charge on any atom is 0.162 e. The second-order valence-electron chi connectivity index (χ2n) is 4.48. The first-order valence-corrected chi connectivity index (χ1v) is 7.35. The molecule has 0 radical (unpaired) electrons. The van der Waals surface area contributed by atoms with Crippen molar-refractivity contribution in [3.05, 3.63) is 57.8 Å². The van der Waals surface area contributed by atoms with Crippen LogP contribution in [0.1, 0.15) is 30.5 Å². The third kappa shape index (κ3) is 3.61. The highest BCUT2D eigenvalue weighted by atomic mass is 32.1. The Hall–Kier alpha value is -1.26. The van der Waals surface area contributed by atoms with Gasteiger partial charge in [-0.15, -0.1) is 0 Å². The molecule has 102 valence electrons. The second kappa shape index (κ2) is 6.78. The maximum atomic E-state index is 13.7. The van der Waals surface area contributed by atoms with Crippen LogP contribution in [0.2, 0.25) is 0 Å². The molecule has 0 spiro atoms. The third-order valence-electron chi connectivity index (χ3n) is 3.04. The summed E-state index contributed by atoms with van der Waals surface area (Å²) in [6.45, 7) is 2.94. The van der Waals surface area contributed by atoms with E-state index < -0.39 is 11.6 Å². The molecule has 2 rings (SSSR count). The summed E-state index contributed by atoms with van der Waals surface area (Å²) < 4.78 is 27.0. The van der Waals surface area contributed by atoms with Crippen LogP contribution in [0.5, 0.6) is 0 Å². The monoisotopic (exact) mass is 281 g/mol.